The van der Waals surface area contributed by atoms with Crippen molar-refractivity contribution in [2.45, 2.75) is 64.1 Å². The Labute approximate surface area is 155 Å². The minimum atomic E-state index is -0.505. The van der Waals surface area contributed by atoms with Gasteiger partial charge < -0.3 is 9.64 Å². The summed E-state index contributed by atoms with van der Waals surface area (Å²) < 4.78 is 5.88. The lowest BCUT2D eigenvalue weighted by atomic mass is 10.0. The third-order valence-corrected chi connectivity index (χ3v) is 5.19. The number of benzene rings is 1. The molecule has 0 saturated heterocycles. The van der Waals surface area contributed by atoms with Gasteiger partial charge in [0.1, 0.15) is 6.10 Å². The van der Waals surface area contributed by atoms with Crippen LogP contribution < -0.4 is 15.8 Å². The molecule has 1 fully saturated rings. The summed E-state index contributed by atoms with van der Waals surface area (Å²) in [6, 6.07) is 8.16. The SMILES string of the molecule is CCC(OC1CCCC1)C(=O)NNC(=O)CN1CCCc2ccccc21. The van der Waals surface area contributed by atoms with Crippen LogP contribution in [0.4, 0.5) is 5.69 Å². The number of anilines is 1. The first-order chi connectivity index (χ1) is 12.7. The molecule has 6 nitrogen and oxygen atoms in total. The Balaban J connectivity index is 1.47. The molecule has 6 heteroatoms. The molecule has 2 amide bonds. The monoisotopic (exact) mass is 359 g/mol. The standard InChI is InChI=1S/C20H29N3O3/c1-2-18(26-16-10-4-5-11-16)20(25)22-21-19(24)14-23-13-7-9-15-8-3-6-12-17(15)23/h3,6,8,12,16,18H,2,4-5,7,9-11,13-14H2,1H3,(H,21,24)(H,22,25). The summed E-state index contributed by atoms with van der Waals surface area (Å²) in [5, 5.41) is 0. The van der Waals surface area contributed by atoms with Gasteiger partial charge in [0.25, 0.3) is 11.8 Å². The molecule has 1 aliphatic heterocycles. The van der Waals surface area contributed by atoms with Crippen LogP contribution >= 0.6 is 0 Å². The number of carbonyl (C=O) groups excluding carboxylic acids is 2. The molecule has 1 aliphatic carbocycles. The van der Waals surface area contributed by atoms with Gasteiger partial charge in [0.05, 0.1) is 12.6 Å². The van der Waals surface area contributed by atoms with Gasteiger partial charge >= 0.3 is 0 Å². The molecule has 1 aromatic carbocycles. The van der Waals surface area contributed by atoms with E-state index < -0.39 is 6.10 Å². The van der Waals surface area contributed by atoms with Gasteiger partial charge in [-0.05, 0) is 43.7 Å². The Morgan fingerprint density at radius 3 is 2.73 bits per heavy atom. The van der Waals surface area contributed by atoms with Crippen LogP contribution in [0.15, 0.2) is 24.3 Å². The second-order valence-electron chi connectivity index (χ2n) is 7.13. The van der Waals surface area contributed by atoms with E-state index in [1.54, 1.807) is 0 Å². The number of hydrogen-bond donors (Lipinski definition) is 2. The number of nitrogens with zero attached hydrogens (tertiary/aromatic N) is 1. The maximum Gasteiger partial charge on any atom is 0.267 e. The van der Waals surface area contributed by atoms with Crippen LogP contribution in [0.2, 0.25) is 0 Å². The summed E-state index contributed by atoms with van der Waals surface area (Å²) in [5.74, 6) is -0.488. The predicted molar refractivity (Wildman–Crippen MR) is 101 cm³/mol. The van der Waals surface area contributed by atoms with E-state index in [0.29, 0.717) is 6.42 Å². The normalized spacial score (nSPS) is 18.3. The summed E-state index contributed by atoms with van der Waals surface area (Å²) in [6.07, 6.45) is 6.70. The fourth-order valence-electron chi connectivity index (χ4n) is 3.80. The van der Waals surface area contributed by atoms with Crippen LogP contribution in [0.25, 0.3) is 0 Å². The number of para-hydroxylation sites is 1. The highest BCUT2D eigenvalue weighted by atomic mass is 16.5. The van der Waals surface area contributed by atoms with Crippen molar-refractivity contribution in [3.63, 3.8) is 0 Å². The van der Waals surface area contributed by atoms with E-state index in [0.717, 1.165) is 50.8 Å². The van der Waals surface area contributed by atoms with E-state index >= 15 is 0 Å². The lowest BCUT2D eigenvalue weighted by Gasteiger charge is -2.30. The van der Waals surface area contributed by atoms with Gasteiger partial charge in [-0.25, -0.2) is 0 Å². The van der Waals surface area contributed by atoms with Crippen LogP contribution in [-0.2, 0) is 20.7 Å². The van der Waals surface area contributed by atoms with Crippen molar-refractivity contribution in [1.82, 2.24) is 10.9 Å². The fourth-order valence-corrected chi connectivity index (χ4v) is 3.80. The number of hydrogen-bond acceptors (Lipinski definition) is 4. The zero-order valence-corrected chi connectivity index (χ0v) is 15.5. The Morgan fingerprint density at radius 2 is 1.96 bits per heavy atom. The molecule has 0 radical (unpaired) electrons. The summed E-state index contributed by atoms with van der Waals surface area (Å²) in [7, 11) is 0. The molecule has 3 rings (SSSR count). The van der Waals surface area contributed by atoms with Gasteiger partial charge in [-0.3, -0.25) is 20.4 Å². The van der Waals surface area contributed by atoms with E-state index in [1.165, 1.54) is 5.56 Å². The first-order valence-electron chi connectivity index (χ1n) is 9.74. The van der Waals surface area contributed by atoms with Crippen molar-refractivity contribution in [1.29, 1.82) is 0 Å². The highest BCUT2D eigenvalue weighted by molar-refractivity contribution is 5.86. The average molecular weight is 359 g/mol. The maximum atomic E-state index is 12.3. The number of ether oxygens (including phenoxy) is 1. The number of hydrazine groups is 1. The van der Waals surface area contributed by atoms with Crippen LogP contribution in [0, 0.1) is 0 Å². The largest absolute Gasteiger partial charge is 0.365 e. The minimum Gasteiger partial charge on any atom is -0.365 e. The van der Waals surface area contributed by atoms with Crippen molar-refractivity contribution in [3.05, 3.63) is 29.8 Å². The van der Waals surface area contributed by atoms with Gasteiger partial charge in [-0.15, -0.1) is 0 Å². The fraction of sp³-hybridized carbons (Fsp3) is 0.600. The summed E-state index contributed by atoms with van der Waals surface area (Å²) in [6.45, 7) is 3.00. The molecule has 2 N–H and O–H groups in total. The van der Waals surface area contributed by atoms with Crippen molar-refractivity contribution >= 4 is 17.5 Å². The smallest absolute Gasteiger partial charge is 0.267 e. The van der Waals surface area contributed by atoms with E-state index in [2.05, 4.69) is 21.8 Å². The molecule has 1 aromatic rings. The topological polar surface area (TPSA) is 70.7 Å². The van der Waals surface area contributed by atoms with Crippen molar-refractivity contribution in [3.8, 4) is 0 Å². The van der Waals surface area contributed by atoms with Gasteiger partial charge in [0, 0.05) is 12.2 Å². The Hall–Kier alpha value is -2.08. The summed E-state index contributed by atoms with van der Waals surface area (Å²) >= 11 is 0. The zero-order valence-electron chi connectivity index (χ0n) is 15.5. The van der Waals surface area contributed by atoms with Crippen LogP contribution in [0.5, 0.6) is 0 Å². The van der Waals surface area contributed by atoms with Gasteiger partial charge in [-0.2, -0.15) is 0 Å². The highest BCUT2D eigenvalue weighted by Crippen LogP contribution is 2.26. The lowest BCUT2D eigenvalue weighted by Crippen LogP contribution is -2.50. The molecule has 142 valence electrons. The third-order valence-electron chi connectivity index (χ3n) is 5.19. The zero-order chi connectivity index (χ0) is 18.4. The van der Waals surface area contributed by atoms with E-state index in [4.69, 9.17) is 4.74 Å². The number of nitrogens with one attached hydrogen (secondary N) is 2. The molecular formula is C20H29N3O3. The molecule has 0 spiro atoms. The second-order valence-corrected chi connectivity index (χ2v) is 7.13. The molecule has 1 heterocycles. The quantitative estimate of drug-likeness (QED) is 0.765. The third kappa shape index (κ3) is 4.75. The number of rotatable bonds is 6. The molecule has 26 heavy (non-hydrogen) atoms. The van der Waals surface area contributed by atoms with Crippen molar-refractivity contribution < 1.29 is 14.3 Å². The van der Waals surface area contributed by atoms with E-state index in [9.17, 15) is 9.59 Å². The van der Waals surface area contributed by atoms with E-state index in [-0.39, 0.29) is 24.5 Å². The van der Waals surface area contributed by atoms with Gasteiger partial charge in [-0.1, -0.05) is 38.0 Å². The Kier molecular flexibility index (Phi) is 6.50. The van der Waals surface area contributed by atoms with Crippen LogP contribution in [0.1, 0.15) is 51.0 Å². The Bertz CT molecular complexity index is 628. The second kappa shape index (κ2) is 9.03. The lowest BCUT2D eigenvalue weighted by molar-refractivity contribution is -0.140. The number of carbonyl (C=O) groups is 2. The highest BCUT2D eigenvalue weighted by Gasteiger charge is 2.25. The maximum absolute atomic E-state index is 12.3. The first-order valence-corrected chi connectivity index (χ1v) is 9.74. The van der Waals surface area contributed by atoms with Gasteiger partial charge in [0.15, 0.2) is 0 Å². The number of amides is 2. The van der Waals surface area contributed by atoms with Gasteiger partial charge in [0.2, 0.25) is 0 Å². The Morgan fingerprint density at radius 1 is 1.19 bits per heavy atom. The van der Waals surface area contributed by atoms with Crippen LogP contribution in [0.3, 0.4) is 0 Å². The van der Waals surface area contributed by atoms with Crippen molar-refractivity contribution in [2.75, 3.05) is 18.0 Å². The molecule has 0 aromatic heterocycles. The summed E-state index contributed by atoms with van der Waals surface area (Å²) in [5.41, 5.74) is 7.45. The van der Waals surface area contributed by atoms with Crippen LogP contribution in [-0.4, -0.2) is 37.1 Å². The molecule has 1 saturated carbocycles. The molecule has 1 atom stereocenters. The number of aryl methyl sites for hydroxylation is 1. The summed E-state index contributed by atoms with van der Waals surface area (Å²) in [4.78, 5) is 26.6. The number of fused-ring (bicyclic) bond motifs is 1. The molecule has 2 aliphatic rings. The minimum absolute atomic E-state index is 0.172. The molecule has 1 unspecified atom stereocenters. The van der Waals surface area contributed by atoms with E-state index in [1.807, 2.05) is 25.1 Å². The molecule has 0 bridgehead atoms. The molecular weight excluding hydrogens is 330 g/mol. The average Bonchev–Trinajstić information content (AvgIpc) is 3.18. The van der Waals surface area contributed by atoms with Crippen molar-refractivity contribution in [2.24, 2.45) is 0 Å². The first kappa shape index (κ1) is 18.7. The predicted octanol–water partition coefficient (Wildman–Crippen LogP) is 2.32.